The second-order valence-electron chi connectivity index (χ2n) is 4.42. The van der Waals surface area contributed by atoms with E-state index in [2.05, 4.69) is 5.10 Å². The quantitative estimate of drug-likeness (QED) is 0.868. The highest BCUT2D eigenvalue weighted by molar-refractivity contribution is 7.88. The van der Waals surface area contributed by atoms with E-state index in [9.17, 15) is 8.42 Å². The third kappa shape index (κ3) is 2.48. The molecule has 2 aromatic rings. The van der Waals surface area contributed by atoms with Crippen molar-refractivity contribution in [2.75, 3.05) is 6.26 Å². The van der Waals surface area contributed by atoms with Gasteiger partial charge in [-0.3, -0.25) is 0 Å². The molecule has 1 atom stereocenters. The molecule has 3 heterocycles. The minimum Gasteiger partial charge on any atom is -0.443 e. The summed E-state index contributed by atoms with van der Waals surface area (Å²) in [5.41, 5.74) is 0.584. The molecule has 0 spiro atoms. The summed E-state index contributed by atoms with van der Waals surface area (Å²) in [5, 5.41) is 6.37. The molecule has 0 aliphatic carbocycles. The van der Waals surface area contributed by atoms with Gasteiger partial charge in [0.05, 0.1) is 6.26 Å². The molecule has 0 amide bonds. The van der Waals surface area contributed by atoms with Crippen molar-refractivity contribution in [1.29, 1.82) is 0 Å². The molecule has 0 radical (unpaired) electrons. The van der Waals surface area contributed by atoms with Crippen molar-refractivity contribution in [3.8, 4) is 0 Å². The fourth-order valence-electron chi connectivity index (χ4n) is 2.11. The van der Waals surface area contributed by atoms with Gasteiger partial charge in [0.15, 0.2) is 11.0 Å². The van der Waals surface area contributed by atoms with Crippen molar-refractivity contribution < 1.29 is 12.8 Å². The molecule has 106 valence electrons. The van der Waals surface area contributed by atoms with Crippen molar-refractivity contribution >= 4 is 38.7 Å². The second-order valence-corrected chi connectivity index (χ2v) is 7.61. The van der Waals surface area contributed by atoms with Gasteiger partial charge >= 0.3 is 0 Å². The summed E-state index contributed by atoms with van der Waals surface area (Å²) < 4.78 is 30.2. The van der Waals surface area contributed by atoms with Crippen LogP contribution in [0.1, 0.15) is 23.1 Å². The molecule has 0 fully saturated rings. The predicted octanol–water partition coefficient (Wildman–Crippen LogP) is 3.11. The normalized spacial score (nSPS) is 19.4. The van der Waals surface area contributed by atoms with Crippen LogP contribution in [-0.4, -0.2) is 24.8 Å². The Hall–Kier alpha value is -1.31. The van der Waals surface area contributed by atoms with Gasteiger partial charge < -0.3 is 4.42 Å². The van der Waals surface area contributed by atoms with E-state index in [0.29, 0.717) is 17.9 Å². The van der Waals surface area contributed by atoms with Gasteiger partial charge in [-0.1, -0.05) is 6.07 Å². The first-order chi connectivity index (χ1) is 9.45. The SMILES string of the molecule is CS(=O)(=O)N1N=C(c2ccc(Cl)o2)C[C@H]1c1cccs1. The molecule has 0 aromatic carbocycles. The topological polar surface area (TPSA) is 62.9 Å². The Morgan fingerprint density at radius 1 is 1.45 bits per heavy atom. The lowest BCUT2D eigenvalue weighted by atomic mass is 10.1. The van der Waals surface area contributed by atoms with Crippen molar-refractivity contribution in [2.24, 2.45) is 5.10 Å². The summed E-state index contributed by atoms with van der Waals surface area (Å²) in [5.74, 6) is 0.503. The zero-order valence-electron chi connectivity index (χ0n) is 10.5. The average Bonchev–Trinajstić information content (AvgIpc) is 3.06. The number of thiophene rings is 1. The molecule has 0 saturated heterocycles. The molecule has 0 N–H and O–H groups in total. The maximum absolute atomic E-state index is 11.9. The van der Waals surface area contributed by atoms with E-state index in [1.54, 1.807) is 12.1 Å². The second kappa shape index (κ2) is 4.91. The Morgan fingerprint density at radius 3 is 2.80 bits per heavy atom. The molecule has 1 aliphatic rings. The highest BCUT2D eigenvalue weighted by Gasteiger charge is 2.35. The molecular formula is C12H11ClN2O3S2. The molecule has 8 heteroatoms. The van der Waals surface area contributed by atoms with Crippen LogP contribution in [0.5, 0.6) is 0 Å². The maximum Gasteiger partial charge on any atom is 0.247 e. The zero-order chi connectivity index (χ0) is 14.3. The van der Waals surface area contributed by atoms with E-state index in [1.165, 1.54) is 11.3 Å². The molecule has 0 saturated carbocycles. The summed E-state index contributed by atoms with van der Waals surface area (Å²) in [6, 6.07) is 6.79. The van der Waals surface area contributed by atoms with E-state index in [1.807, 2.05) is 17.5 Å². The van der Waals surface area contributed by atoms with Crippen LogP contribution in [0.3, 0.4) is 0 Å². The van der Waals surface area contributed by atoms with Crippen LogP contribution in [0, 0.1) is 0 Å². The first-order valence-electron chi connectivity index (χ1n) is 5.81. The van der Waals surface area contributed by atoms with Crippen molar-refractivity contribution in [1.82, 2.24) is 4.41 Å². The van der Waals surface area contributed by atoms with Gasteiger partial charge in [-0.15, -0.1) is 11.3 Å². The number of furan rings is 1. The number of nitrogens with zero attached hydrogens (tertiary/aromatic N) is 2. The highest BCUT2D eigenvalue weighted by Crippen LogP contribution is 2.37. The summed E-state index contributed by atoms with van der Waals surface area (Å²) in [4.78, 5) is 0.951. The summed E-state index contributed by atoms with van der Waals surface area (Å²) in [6.45, 7) is 0. The summed E-state index contributed by atoms with van der Waals surface area (Å²) in [6.07, 6.45) is 1.62. The molecule has 2 aromatic heterocycles. The van der Waals surface area contributed by atoms with Crippen molar-refractivity contribution in [3.05, 3.63) is 45.5 Å². The fraction of sp³-hybridized carbons (Fsp3) is 0.250. The Balaban J connectivity index is 2.00. The van der Waals surface area contributed by atoms with Crippen LogP contribution in [0.2, 0.25) is 5.22 Å². The lowest BCUT2D eigenvalue weighted by Crippen LogP contribution is -2.25. The average molecular weight is 331 g/mol. The fourth-order valence-corrected chi connectivity index (χ4v) is 4.03. The van der Waals surface area contributed by atoms with E-state index in [4.69, 9.17) is 16.0 Å². The molecule has 5 nitrogen and oxygen atoms in total. The highest BCUT2D eigenvalue weighted by atomic mass is 35.5. The number of hydrogen-bond donors (Lipinski definition) is 0. The minimum absolute atomic E-state index is 0.258. The Labute approximate surface area is 125 Å². The lowest BCUT2D eigenvalue weighted by Gasteiger charge is -2.19. The van der Waals surface area contributed by atoms with Gasteiger partial charge in [0.25, 0.3) is 0 Å². The monoisotopic (exact) mass is 330 g/mol. The van der Waals surface area contributed by atoms with Crippen LogP contribution in [-0.2, 0) is 10.0 Å². The molecule has 0 unspecified atom stereocenters. The molecule has 0 bridgehead atoms. The smallest absolute Gasteiger partial charge is 0.247 e. The van der Waals surface area contributed by atoms with Gasteiger partial charge in [-0.05, 0) is 35.2 Å². The summed E-state index contributed by atoms with van der Waals surface area (Å²) >= 11 is 7.26. The van der Waals surface area contributed by atoms with Crippen LogP contribution in [0.25, 0.3) is 0 Å². The van der Waals surface area contributed by atoms with Crippen LogP contribution in [0.4, 0.5) is 0 Å². The molecule has 20 heavy (non-hydrogen) atoms. The predicted molar refractivity (Wildman–Crippen MR) is 78.6 cm³/mol. The standard InChI is InChI=1S/C12H11ClN2O3S2/c1-20(16,17)15-9(11-3-2-6-19-11)7-8(14-15)10-4-5-12(13)18-10/h2-6,9H,7H2,1H3/t9-/m0/s1. The maximum atomic E-state index is 11.9. The lowest BCUT2D eigenvalue weighted by molar-refractivity contribution is 0.379. The van der Waals surface area contributed by atoms with Crippen LogP contribution < -0.4 is 0 Å². The van der Waals surface area contributed by atoms with Crippen molar-refractivity contribution in [2.45, 2.75) is 12.5 Å². The van der Waals surface area contributed by atoms with Crippen LogP contribution >= 0.6 is 22.9 Å². The van der Waals surface area contributed by atoms with Crippen molar-refractivity contribution in [3.63, 3.8) is 0 Å². The Bertz CT molecular complexity index is 750. The first kappa shape index (κ1) is 13.7. The molecule has 1 aliphatic heterocycles. The number of halogens is 1. The number of hydrogen-bond acceptors (Lipinski definition) is 5. The van der Waals surface area contributed by atoms with E-state index < -0.39 is 10.0 Å². The number of hydrazone groups is 1. The molecule has 3 rings (SSSR count). The third-order valence-electron chi connectivity index (χ3n) is 2.94. The van der Waals surface area contributed by atoms with E-state index in [-0.39, 0.29) is 11.3 Å². The first-order valence-corrected chi connectivity index (χ1v) is 8.92. The number of rotatable bonds is 3. The van der Waals surface area contributed by atoms with Gasteiger partial charge in [0.2, 0.25) is 10.0 Å². The summed E-state index contributed by atoms with van der Waals surface area (Å²) in [7, 11) is -3.43. The van der Waals surface area contributed by atoms with Gasteiger partial charge in [-0.25, -0.2) is 8.42 Å². The Morgan fingerprint density at radius 2 is 2.25 bits per heavy atom. The zero-order valence-corrected chi connectivity index (χ0v) is 12.9. The molecular weight excluding hydrogens is 320 g/mol. The van der Waals surface area contributed by atoms with Crippen LogP contribution in [0.15, 0.2) is 39.2 Å². The van der Waals surface area contributed by atoms with E-state index in [0.717, 1.165) is 15.5 Å². The minimum atomic E-state index is -3.43. The third-order valence-corrected chi connectivity index (χ3v) is 5.13. The van der Waals surface area contributed by atoms with Gasteiger partial charge in [0, 0.05) is 11.3 Å². The Kier molecular flexibility index (Phi) is 3.35. The largest absolute Gasteiger partial charge is 0.443 e. The van der Waals surface area contributed by atoms with E-state index >= 15 is 0 Å². The van der Waals surface area contributed by atoms with Gasteiger partial charge in [-0.2, -0.15) is 9.52 Å². The number of sulfonamides is 1. The van der Waals surface area contributed by atoms with Gasteiger partial charge in [0.1, 0.15) is 11.8 Å².